The van der Waals surface area contributed by atoms with Gasteiger partial charge in [-0.1, -0.05) is 36.4 Å². The molecular weight excluding hydrogens is 450 g/mol. The number of aliphatic hydroxyl groups is 1. The maximum absolute atomic E-state index is 12.7. The van der Waals surface area contributed by atoms with Gasteiger partial charge in [0, 0.05) is 21.9 Å². The standard InChI is InChI=1S/C27H25NO5S/c1-32-22-14-11-18(15-23(22)33-2)8-7-17-9-12-19(13-10-17)28-27(31)26(30)21-16-34-24-6-4-3-5-20(24)25(21)29/h3-6,9-15,29H,7-8,16H2,1-2H3,(H,28,31). The van der Waals surface area contributed by atoms with Gasteiger partial charge in [-0.25, -0.2) is 0 Å². The summed E-state index contributed by atoms with van der Waals surface area (Å²) in [6.07, 6.45) is 1.62. The summed E-state index contributed by atoms with van der Waals surface area (Å²) < 4.78 is 10.6. The lowest BCUT2D eigenvalue weighted by atomic mass is 10.0. The number of nitrogens with one attached hydrogen (secondary N) is 1. The molecule has 7 heteroatoms. The van der Waals surface area contributed by atoms with Crippen molar-refractivity contribution in [1.29, 1.82) is 0 Å². The monoisotopic (exact) mass is 475 g/mol. The first-order valence-corrected chi connectivity index (χ1v) is 11.8. The summed E-state index contributed by atoms with van der Waals surface area (Å²) in [6.45, 7) is 0. The van der Waals surface area contributed by atoms with Gasteiger partial charge in [-0.15, -0.1) is 11.8 Å². The number of ether oxygens (including phenoxy) is 2. The Labute approximate surface area is 202 Å². The van der Waals surface area contributed by atoms with E-state index in [1.807, 2.05) is 42.5 Å². The zero-order chi connectivity index (χ0) is 24.1. The van der Waals surface area contributed by atoms with Gasteiger partial charge in [-0.2, -0.15) is 0 Å². The first-order valence-electron chi connectivity index (χ1n) is 10.8. The Balaban J connectivity index is 1.37. The largest absolute Gasteiger partial charge is 0.507 e. The number of benzene rings is 3. The SMILES string of the molecule is COc1ccc(CCc2ccc(NC(=O)C(=O)C3=C(O)c4ccccc4SC3)cc2)cc1OC. The molecule has 0 fully saturated rings. The highest BCUT2D eigenvalue weighted by Gasteiger charge is 2.28. The number of aryl methyl sites for hydroxylation is 2. The predicted octanol–water partition coefficient (Wildman–Crippen LogP) is 5.07. The van der Waals surface area contributed by atoms with Gasteiger partial charge < -0.3 is 19.9 Å². The molecule has 3 aromatic rings. The molecule has 3 aromatic carbocycles. The molecule has 1 heterocycles. The van der Waals surface area contributed by atoms with Crippen molar-refractivity contribution in [2.75, 3.05) is 25.3 Å². The summed E-state index contributed by atoms with van der Waals surface area (Å²) in [5.41, 5.74) is 3.44. The van der Waals surface area contributed by atoms with Crippen LogP contribution in [0.4, 0.5) is 5.69 Å². The van der Waals surface area contributed by atoms with Crippen LogP contribution < -0.4 is 14.8 Å². The van der Waals surface area contributed by atoms with Crippen molar-refractivity contribution in [1.82, 2.24) is 0 Å². The maximum atomic E-state index is 12.7. The van der Waals surface area contributed by atoms with E-state index in [1.54, 1.807) is 38.5 Å². The fourth-order valence-corrected chi connectivity index (χ4v) is 4.81. The van der Waals surface area contributed by atoms with E-state index in [0.717, 1.165) is 28.9 Å². The van der Waals surface area contributed by atoms with Crippen molar-refractivity contribution in [2.45, 2.75) is 17.7 Å². The van der Waals surface area contributed by atoms with Crippen LogP contribution in [0.2, 0.25) is 0 Å². The van der Waals surface area contributed by atoms with Crippen molar-refractivity contribution in [2.24, 2.45) is 0 Å². The minimum absolute atomic E-state index is 0.118. The lowest BCUT2D eigenvalue weighted by Crippen LogP contribution is -2.27. The van der Waals surface area contributed by atoms with E-state index >= 15 is 0 Å². The number of amides is 1. The Morgan fingerprint density at radius 1 is 0.912 bits per heavy atom. The molecule has 0 aromatic heterocycles. The third-order valence-electron chi connectivity index (χ3n) is 5.64. The third kappa shape index (κ3) is 5.10. The van der Waals surface area contributed by atoms with Crippen molar-refractivity contribution < 1.29 is 24.2 Å². The molecule has 4 rings (SSSR count). The predicted molar refractivity (Wildman–Crippen MR) is 134 cm³/mol. The molecule has 2 N–H and O–H groups in total. The number of methoxy groups -OCH3 is 2. The molecule has 0 aliphatic carbocycles. The van der Waals surface area contributed by atoms with Crippen molar-refractivity contribution in [3.8, 4) is 11.5 Å². The van der Waals surface area contributed by atoms with Crippen LogP contribution in [0.25, 0.3) is 5.76 Å². The first-order chi connectivity index (χ1) is 16.5. The fraction of sp³-hybridized carbons (Fsp3) is 0.185. The minimum Gasteiger partial charge on any atom is -0.507 e. The van der Waals surface area contributed by atoms with Crippen LogP contribution in [0.1, 0.15) is 16.7 Å². The zero-order valence-electron chi connectivity index (χ0n) is 19.0. The van der Waals surface area contributed by atoms with Gasteiger partial charge in [-0.3, -0.25) is 9.59 Å². The Hall–Kier alpha value is -3.71. The topological polar surface area (TPSA) is 84.9 Å². The molecule has 34 heavy (non-hydrogen) atoms. The van der Waals surface area contributed by atoms with Crippen LogP contribution in [0.15, 0.2) is 77.2 Å². The number of Topliss-reactive ketones (excluding diaryl/α,β-unsaturated/α-hetero) is 1. The summed E-state index contributed by atoms with van der Waals surface area (Å²) in [4.78, 5) is 26.1. The molecular formula is C27H25NO5S. The van der Waals surface area contributed by atoms with Crippen LogP contribution in [-0.4, -0.2) is 36.8 Å². The molecule has 1 aliphatic rings. The summed E-state index contributed by atoms with van der Waals surface area (Å²) in [5, 5.41) is 13.1. The Morgan fingerprint density at radius 2 is 1.59 bits per heavy atom. The number of hydrogen-bond donors (Lipinski definition) is 2. The van der Waals surface area contributed by atoms with Crippen LogP contribution in [0, 0.1) is 0 Å². The van der Waals surface area contributed by atoms with Crippen LogP contribution in [0.3, 0.4) is 0 Å². The van der Waals surface area contributed by atoms with Crippen molar-refractivity contribution in [3.05, 3.63) is 89.0 Å². The number of thioether (sulfide) groups is 1. The number of rotatable bonds is 8. The molecule has 0 unspecified atom stereocenters. The third-order valence-corrected chi connectivity index (χ3v) is 6.74. The first kappa shape index (κ1) is 23.4. The second-order valence-corrected chi connectivity index (χ2v) is 8.80. The highest BCUT2D eigenvalue weighted by atomic mass is 32.2. The van der Waals surface area contributed by atoms with Gasteiger partial charge in [0.2, 0.25) is 0 Å². The van der Waals surface area contributed by atoms with E-state index in [2.05, 4.69) is 5.32 Å². The average Bonchev–Trinajstić information content (AvgIpc) is 2.88. The molecule has 0 radical (unpaired) electrons. The molecule has 1 aliphatic heterocycles. The number of hydrogen-bond acceptors (Lipinski definition) is 6. The normalized spacial score (nSPS) is 12.6. The number of carbonyl (C=O) groups is 2. The minimum atomic E-state index is -0.764. The highest BCUT2D eigenvalue weighted by Crippen LogP contribution is 2.36. The van der Waals surface area contributed by atoms with Gasteiger partial charge in [0.25, 0.3) is 11.7 Å². The van der Waals surface area contributed by atoms with Gasteiger partial charge >= 0.3 is 0 Å². The maximum Gasteiger partial charge on any atom is 0.296 e. The van der Waals surface area contributed by atoms with E-state index < -0.39 is 11.7 Å². The van der Waals surface area contributed by atoms with Crippen LogP contribution >= 0.6 is 11.8 Å². The molecule has 0 spiro atoms. The number of aliphatic hydroxyl groups excluding tert-OH is 1. The van der Waals surface area contributed by atoms with E-state index in [4.69, 9.17) is 9.47 Å². The second kappa shape index (κ2) is 10.5. The smallest absolute Gasteiger partial charge is 0.296 e. The van der Waals surface area contributed by atoms with Gasteiger partial charge in [0.1, 0.15) is 5.76 Å². The number of fused-ring (bicyclic) bond motifs is 1. The number of ketones is 1. The summed E-state index contributed by atoms with van der Waals surface area (Å²) in [7, 11) is 3.22. The quantitative estimate of drug-likeness (QED) is 0.443. The number of carbonyl (C=O) groups excluding carboxylic acids is 2. The fourth-order valence-electron chi connectivity index (χ4n) is 3.75. The van der Waals surface area contributed by atoms with Gasteiger partial charge in [0.05, 0.1) is 19.8 Å². The molecule has 0 bridgehead atoms. The van der Waals surface area contributed by atoms with Gasteiger partial charge in [-0.05, 0) is 54.3 Å². The Bertz CT molecular complexity index is 1250. The molecule has 6 nitrogen and oxygen atoms in total. The summed E-state index contributed by atoms with van der Waals surface area (Å²) in [5.74, 6) is 0.0332. The lowest BCUT2D eigenvalue weighted by Gasteiger charge is -2.18. The molecule has 0 saturated carbocycles. The lowest BCUT2D eigenvalue weighted by molar-refractivity contribution is -0.132. The van der Waals surface area contributed by atoms with Crippen LogP contribution in [-0.2, 0) is 22.4 Å². The van der Waals surface area contributed by atoms with E-state index in [9.17, 15) is 14.7 Å². The van der Waals surface area contributed by atoms with E-state index in [1.165, 1.54) is 11.8 Å². The average molecular weight is 476 g/mol. The van der Waals surface area contributed by atoms with E-state index in [-0.39, 0.29) is 17.1 Å². The summed E-state index contributed by atoms with van der Waals surface area (Å²) in [6, 6.07) is 20.5. The number of anilines is 1. The van der Waals surface area contributed by atoms with Gasteiger partial charge in [0.15, 0.2) is 11.5 Å². The molecule has 0 saturated heterocycles. The highest BCUT2D eigenvalue weighted by molar-refractivity contribution is 7.99. The van der Waals surface area contributed by atoms with Crippen molar-refractivity contribution in [3.63, 3.8) is 0 Å². The molecule has 0 atom stereocenters. The summed E-state index contributed by atoms with van der Waals surface area (Å²) >= 11 is 1.43. The van der Waals surface area contributed by atoms with Crippen LogP contribution in [0.5, 0.6) is 11.5 Å². The molecule has 1 amide bonds. The zero-order valence-corrected chi connectivity index (χ0v) is 19.8. The Morgan fingerprint density at radius 3 is 2.32 bits per heavy atom. The second-order valence-electron chi connectivity index (χ2n) is 7.78. The molecule has 174 valence electrons. The van der Waals surface area contributed by atoms with Crippen molar-refractivity contribution >= 4 is 34.9 Å². The van der Waals surface area contributed by atoms with E-state index in [0.29, 0.717) is 22.7 Å². The Kier molecular flexibility index (Phi) is 7.23.